The van der Waals surface area contributed by atoms with Crippen LogP contribution in [0.25, 0.3) is 10.9 Å². The van der Waals surface area contributed by atoms with Crippen LogP contribution in [0.15, 0.2) is 56.3 Å². The van der Waals surface area contributed by atoms with Gasteiger partial charge in [-0.05, 0) is 30.1 Å². The molecule has 3 rings (SSSR count). The van der Waals surface area contributed by atoms with Gasteiger partial charge in [-0.15, -0.1) is 5.11 Å². The molecule has 1 aromatic heterocycles. The molecule has 145 valence electrons. The van der Waals surface area contributed by atoms with Crippen LogP contribution in [0.4, 0.5) is 11.4 Å². The number of pyridine rings is 1. The quantitative estimate of drug-likeness (QED) is 0.265. The van der Waals surface area contributed by atoms with Crippen LogP contribution < -0.4 is 45.2 Å². The number of fused-ring (bicyclic) bond motifs is 1. The Labute approximate surface area is 201 Å². The Morgan fingerprint density at radius 3 is 2.31 bits per heavy atom. The summed E-state index contributed by atoms with van der Waals surface area (Å²) < 4.78 is 33.3. The van der Waals surface area contributed by atoms with Gasteiger partial charge < -0.3 is 25.2 Å². The van der Waals surface area contributed by atoms with E-state index in [1.807, 2.05) is 0 Å². The van der Waals surface area contributed by atoms with Gasteiger partial charge in [-0.25, -0.2) is 8.42 Å². The molecule has 1 radical (unpaired) electrons. The monoisotopic (exact) mass is 484 g/mol. The van der Waals surface area contributed by atoms with E-state index in [9.17, 15) is 28.0 Å². The largest absolute Gasteiger partial charge is 3.00 e. The third-order valence-electron chi connectivity index (χ3n) is 3.38. The maximum absolute atomic E-state index is 12.3. The van der Waals surface area contributed by atoms with Gasteiger partial charge in [-0.2, -0.15) is 5.11 Å². The molecule has 0 fully saturated rings. The summed E-state index contributed by atoms with van der Waals surface area (Å²) in [6.07, 6.45) is 0. The van der Waals surface area contributed by atoms with E-state index in [2.05, 4.69) is 15.2 Å². The van der Waals surface area contributed by atoms with Gasteiger partial charge in [0.1, 0.15) is 15.8 Å². The van der Waals surface area contributed by atoms with E-state index in [0.29, 0.717) is 11.6 Å². The second kappa shape index (κ2) is 10.5. The van der Waals surface area contributed by atoms with Crippen molar-refractivity contribution < 1.29 is 75.6 Å². The molecule has 29 heavy (non-hydrogen) atoms. The number of hydrogen-bond acceptors (Lipinski definition) is 9. The van der Waals surface area contributed by atoms with E-state index in [0.717, 1.165) is 6.07 Å². The van der Waals surface area contributed by atoms with Crippen molar-refractivity contribution in [1.82, 2.24) is 4.98 Å². The number of aromatic nitrogens is 1. The average Bonchev–Trinajstić information content (AvgIpc) is 2.56. The zero-order valence-corrected chi connectivity index (χ0v) is 19.3. The maximum atomic E-state index is 12.3. The number of nitrogens with one attached hydrogen (secondary N) is 1. The molecule has 14 heteroatoms. The minimum atomic E-state index is -5.08. The molecule has 0 amide bonds. The summed E-state index contributed by atoms with van der Waals surface area (Å²) in [5.41, 5.74) is -1.62. The number of hydrogen-bond donors (Lipinski definition) is 1. The first kappa shape index (κ1) is 27.5. The van der Waals surface area contributed by atoms with Gasteiger partial charge in [0, 0.05) is 15.9 Å². The molecule has 0 aliphatic carbocycles. The van der Waals surface area contributed by atoms with Crippen LogP contribution in [0.2, 0.25) is 5.02 Å². The Morgan fingerprint density at radius 2 is 1.69 bits per heavy atom. The summed E-state index contributed by atoms with van der Waals surface area (Å²) >= 11 is 5.68. The number of H-pyrrole nitrogens is 1. The van der Waals surface area contributed by atoms with Gasteiger partial charge in [0.15, 0.2) is 0 Å². The minimum absolute atomic E-state index is 0. The van der Waals surface area contributed by atoms with Gasteiger partial charge in [-0.3, -0.25) is 4.79 Å². The molecule has 2 N–H and O–H groups in total. The molecule has 0 unspecified atom stereocenters. The Balaban J connectivity index is 0.00000261. The van der Waals surface area contributed by atoms with Crippen LogP contribution in [0.3, 0.4) is 0 Å². The second-order valence-electron chi connectivity index (χ2n) is 5.08. The van der Waals surface area contributed by atoms with Crippen LogP contribution in [-0.4, -0.2) is 23.4 Å². The van der Waals surface area contributed by atoms with Crippen molar-refractivity contribution in [1.29, 1.82) is 0 Å². The van der Waals surface area contributed by atoms with Crippen molar-refractivity contribution in [2.45, 2.75) is 4.90 Å². The summed E-state index contributed by atoms with van der Waals surface area (Å²) in [7, 11) is -5.08. The molecule has 0 spiro atoms. The van der Waals surface area contributed by atoms with Gasteiger partial charge in [0.2, 0.25) is 5.43 Å². The number of aromatic amines is 1. The molecule has 10 nitrogen and oxygen atoms in total. The summed E-state index contributed by atoms with van der Waals surface area (Å²) in [5.74, 6) is -2.08. The van der Waals surface area contributed by atoms with E-state index in [4.69, 9.17) is 11.6 Å². The number of nitrogens with zero attached hydrogens (tertiary/aromatic N) is 2. The molecular weight excluding hydrogens is 477 g/mol. The van der Waals surface area contributed by atoms with Crippen molar-refractivity contribution in [3.05, 3.63) is 51.6 Å². The fourth-order valence-corrected chi connectivity index (χ4v) is 3.09. The first-order valence-electron chi connectivity index (χ1n) is 6.88. The Kier molecular flexibility index (Phi) is 10.0. The van der Waals surface area contributed by atoms with Crippen molar-refractivity contribution in [3.63, 3.8) is 0 Å². The van der Waals surface area contributed by atoms with Gasteiger partial charge >= 0.3 is 46.9 Å². The predicted molar refractivity (Wildman–Crippen MR) is 89.0 cm³/mol. The molecule has 0 aliphatic rings. The molecule has 0 saturated heterocycles. The normalized spacial score (nSPS) is 10.8. The number of halogens is 1. The van der Waals surface area contributed by atoms with Gasteiger partial charge in [0.25, 0.3) is 0 Å². The standard InChI is InChI=1S/C15H10ClN3O6S.Cr.Na.H2O/c16-7-5-10(14(21)11(6-7)26(23,24)25)18-19-12-13(20)8-3-1-2-4-9(8)17-15(12)22;;;/h1-6,21H,(H2,17,20,22)(H,23,24,25);;;1H2/q;+3;+1;/p-4. The summed E-state index contributed by atoms with van der Waals surface area (Å²) in [5, 5.41) is 30.8. The van der Waals surface area contributed by atoms with E-state index in [1.165, 1.54) is 12.1 Å². The number of azo groups is 1. The van der Waals surface area contributed by atoms with Crippen molar-refractivity contribution >= 4 is 44.0 Å². The maximum Gasteiger partial charge on any atom is 3.00 e. The molecule has 2 aromatic carbocycles. The third kappa shape index (κ3) is 5.79. The van der Waals surface area contributed by atoms with E-state index >= 15 is 0 Å². The fourth-order valence-electron chi connectivity index (χ4n) is 2.21. The number of para-hydroxylation sites is 1. The molecule has 1 heterocycles. The predicted octanol–water partition coefficient (Wildman–Crippen LogP) is -1.53. The molecule has 0 bridgehead atoms. The van der Waals surface area contributed by atoms with Crippen LogP contribution in [0.1, 0.15) is 0 Å². The fraction of sp³-hybridized carbons (Fsp3) is 0. The molecule has 0 saturated carbocycles. The third-order valence-corrected chi connectivity index (χ3v) is 4.44. The van der Waals surface area contributed by atoms with Gasteiger partial charge in [-0.1, -0.05) is 29.5 Å². The van der Waals surface area contributed by atoms with Crippen LogP contribution in [0, 0.1) is 0 Å². The number of benzene rings is 2. The topological polar surface area (TPSA) is 191 Å². The number of rotatable bonds is 3. The summed E-state index contributed by atoms with van der Waals surface area (Å²) in [4.78, 5) is 13.7. The van der Waals surface area contributed by atoms with Crippen molar-refractivity contribution in [3.8, 4) is 11.6 Å². The van der Waals surface area contributed by atoms with Crippen molar-refractivity contribution in [2.75, 3.05) is 0 Å². The Bertz CT molecular complexity index is 1230. The van der Waals surface area contributed by atoms with Crippen LogP contribution >= 0.6 is 11.6 Å². The SMILES string of the molecule is O=c1c(N=Nc2cc(Cl)cc(S(=O)(=O)[O-])c2[O-])c([O-])[nH]c2ccccc12.[Cr+3].[Na+].[OH-]. The summed E-state index contributed by atoms with van der Waals surface area (Å²) in [6.45, 7) is 0. The van der Waals surface area contributed by atoms with E-state index < -0.39 is 43.4 Å². The zero-order valence-electron chi connectivity index (χ0n) is 14.4. The molecule has 0 aliphatic heterocycles. The minimum Gasteiger partial charge on any atom is -0.870 e. The van der Waals surface area contributed by atoms with Crippen LogP contribution in [-0.2, 0) is 27.5 Å². The first-order valence-corrected chi connectivity index (χ1v) is 8.67. The first-order chi connectivity index (χ1) is 12.2. The smallest absolute Gasteiger partial charge is 0.870 e. The van der Waals surface area contributed by atoms with Crippen LogP contribution in [0.5, 0.6) is 11.6 Å². The summed E-state index contributed by atoms with van der Waals surface area (Å²) in [6, 6.07) is 7.85. The zero-order chi connectivity index (χ0) is 19.1. The van der Waals surface area contributed by atoms with E-state index in [-0.39, 0.29) is 62.8 Å². The van der Waals surface area contributed by atoms with Gasteiger partial charge in [0.05, 0.1) is 10.6 Å². The van der Waals surface area contributed by atoms with E-state index in [1.54, 1.807) is 12.1 Å². The Hall–Kier alpha value is -1.46. The molecule has 3 aromatic rings. The van der Waals surface area contributed by atoms with Crippen molar-refractivity contribution in [2.24, 2.45) is 10.2 Å². The average molecular weight is 485 g/mol. The molecule has 0 atom stereocenters. The second-order valence-corrected chi connectivity index (χ2v) is 6.87. The Morgan fingerprint density at radius 1 is 1.07 bits per heavy atom. The molecular formula is C15H8ClCrN3NaO7S.